The van der Waals surface area contributed by atoms with E-state index in [-0.39, 0.29) is 28.3 Å². The molecule has 0 radical (unpaired) electrons. The van der Waals surface area contributed by atoms with Gasteiger partial charge < -0.3 is 9.47 Å². The molecule has 0 unspecified atom stereocenters. The van der Waals surface area contributed by atoms with Gasteiger partial charge in [-0.1, -0.05) is 45.0 Å². The van der Waals surface area contributed by atoms with Gasteiger partial charge in [0.2, 0.25) is 5.78 Å². The van der Waals surface area contributed by atoms with Crippen molar-refractivity contribution in [1.29, 1.82) is 0 Å². The first-order valence-corrected chi connectivity index (χ1v) is 9.87. The van der Waals surface area contributed by atoms with Crippen LogP contribution in [0.4, 0.5) is 4.39 Å². The minimum absolute atomic E-state index is 0.0450. The van der Waals surface area contributed by atoms with E-state index in [1.807, 2.05) is 24.3 Å². The predicted molar refractivity (Wildman–Crippen MR) is 116 cm³/mol. The topological polar surface area (TPSA) is 52.6 Å². The van der Waals surface area contributed by atoms with Crippen LogP contribution in [-0.2, 0) is 5.41 Å². The summed E-state index contributed by atoms with van der Waals surface area (Å²) >= 11 is 0. The van der Waals surface area contributed by atoms with Gasteiger partial charge in [-0.25, -0.2) is 9.18 Å². The first kappa shape index (κ1) is 20.5. The summed E-state index contributed by atoms with van der Waals surface area (Å²) in [7, 11) is 0. The SMILES string of the molecule is CC(C)(C)c1ccc(/C=C2/Oc3cc(OC(=O)c4ccc(F)cc4)ccc3C2=O)cc1. The number of hydrogen-bond acceptors (Lipinski definition) is 4. The van der Waals surface area contributed by atoms with Crippen molar-refractivity contribution in [2.45, 2.75) is 26.2 Å². The number of ketones is 1. The second-order valence-corrected chi connectivity index (χ2v) is 8.37. The normalized spacial score (nSPS) is 14.3. The van der Waals surface area contributed by atoms with Crippen molar-refractivity contribution >= 4 is 17.8 Å². The molecule has 4 nitrogen and oxygen atoms in total. The molecule has 0 bridgehead atoms. The molecule has 0 aliphatic carbocycles. The summed E-state index contributed by atoms with van der Waals surface area (Å²) in [5, 5.41) is 0. The van der Waals surface area contributed by atoms with Crippen molar-refractivity contribution in [3.63, 3.8) is 0 Å². The van der Waals surface area contributed by atoms with Crippen LogP contribution in [0.5, 0.6) is 11.5 Å². The van der Waals surface area contributed by atoms with Gasteiger partial charge in [0.05, 0.1) is 11.1 Å². The van der Waals surface area contributed by atoms with Crippen LogP contribution >= 0.6 is 0 Å². The van der Waals surface area contributed by atoms with Crippen molar-refractivity contribution in [2.24, 2.45) is 0 Å². The van der Waals surface area contributed by atoms with Crippen molar-refractivity contribution < 1.29 is 23.5 Å². The Labute approximate surface area is 179 Å². The summed E-state index contributed by atoms with van der Waals surface area (Å²) < 4.78 is 24.1. The van der Waals surface area contributed by atoms with Gasteiger partial charge in [0.1, 0.15) is 17.3 Å². The molecule has 0 N–H and O–H groups in total. The van der Waals surface area contributed by atoms with Crippen LogP contribution in [0.3, 0.4) is 0 Å². The molecule has 5 heteroatoms. The Morgan fingerprint density at radius 1 is 0.968 bits per heavy atom. The van der Waals surface area contributed by atoms with Crippen LogP contribution in [-0.4, -0.2) is 11.8 Å². The molecule has 1 aliphatic heterocycles. The molecule has 0 saturated heterocycles. The number of halogens is 1. The Kier molecular flexibility index (Phi) is 5.19. The lowest BCUT2D eigenvalue weighted by molar-refractivity contribution is 0.0734. The third-order valence-electron chi connectivity index (χ3n) is 5.01. The molecule has 0 spiro atoms. The first-order valence-electron chi connectivity index (χ1n) is 9.87. The van der Waals surface area contributed by atoms with Crippen LogP contribution < -0.4 is 9.47 Å². The zero-order valence-corrected chi connectivity index (χ0v) is 17.4. The fourth-order valence-electron chi connectivity index (χ4n) is 3.21. The summed E-state index contributed by atoms with van der Waals surface area (Å²) in [5.74, 6) is -0.525. The molecule has 4 rings (SSSR count). The van der Waals surface area contributed by atoms with Crippen LogP contribution in [0.25, 0.3) is 6.08 Å². The summed E-state index contributed by atoms with van der Waals surface area (Å²) in [4.78, 5) is 24.9. The van der Waals surface area contributed by atoms with Gasteiger partial charge in [0.15, 0.2) is 5.76 Å². The van der Waals surface area contributed by atoms with Gasteiger partial charge in [-0.3, -0.25) is 4.79 Å². The maximum atomic E-state index is 13.0. The number of hydrogen-bond donors (Lipinski definition) is 0. The molecule has 31 heavy (non-hydrogen) atoms. The Bertz CT molecular complexity index is 1180. The molecule has 0 saturated carbocycles. The van der Waals surface area contributed by atoms with E-state index in [0.29, 0.717) is 11.3 Å². The highest BCUT2D eigenvalue weighted by atomic mass is 19.1. The molecule has 0 atom stereocenters. The molecule has 3 aromatic carbocycles. The van der Waals surface area contributed by atoms with Crippen molar-refractivity contribution in [1.82, 2.24) is 0 Å². The van der Waals surface area contributed by atoms with Crippen LogP contribution in [0.15, 0.2) is 72.5 Å². The summed E-state index contributed by atoms with van der Waals surface area (Å²) in [6.45, 7) is 6.42. The Morgan fingerprint density at radius 3 is 2.29 bits per heavy atom. The van der Waals surface area contributed by atoms with Crippen LogP contribution in [0, 0.1) is 5.82 Å². The highest BCUT2D eigenvalue weighted by Crippen LogP contribution is 2.35. The number of benzene rings is 3. The molecule has 3 aromatic rings. The molecule has 156 valence electrons. The maximum Gasteiger partial charge on any atom is 0.343 e. The molecule has 1 heterocycles. The number of allylic oxidation sites excluding steroid dienone is 1. The van der Waals surface area contributed by atoms with E-state index in [0.717, 1.165) is 5.56 Å². The lowest BCUT2D eigenvalue weighted by Crippen LogP contribution is -2.10. The molecule has 1 aliphatic rings. The van der Waals surface area contributed by atoms with E-state index in [4.69, 9.17) is 9.47 Å². The van der Waals surface area contributed by atoms with Gasteiger partial charge in [-0.15, -0.1) is 0 Å². The second-order valence-electron chi connectivity index (χ2n) is 8.37. The minimum Gasteiger partial charge on any atom is -0.452 e. The van der Waals surface area contributed by atoms with Gasteiger partial charge in [0.25, 0.3) is 0 Å². The number of Topliss-reactive ketones (excluding diaryl/α,β-unsaturated/α-hetero) is 1. The average Bonchev–Trinajstić information content (AvgIpc) is 3.03. The Balaban J connectivity index is 1.52. The molecule has 0 amide bonds. The fraction of sp³-hybridized carbons (Fsp3) is 0.154. The number of carbonyl (C=O) groups excluding carboxylic acids is 2. The third-order valence-corrected chi connectivity index (χ3v) is 5.01. The Hall–Kier alpha value is -3.73. The smallest absolute Gasteiger partial charge is 0.343 e. The fourth-order valence-corrected chi connectivity index (χ4v) is 3.21. The summed E-state index contributed by atoms with van der Waals surface area (Å²) in [6.07, 6.45) is 1.69. The van der Waals surface area contributed by atoms with Gasteiger partial charge >= 0.3 is 5.97 Å². The summed E-state index contributed by atoms with van der Waals surface area (Å²) in [5.41, 5.74) is 2.72. The van der Waals surface area contributed by atoms with Crippen molar-refractivity contribution in [2.75, 3.05) is 0 Å². The van der Waals surface area contributed by atoms with E-state index in [1.165, 1.54) is 42.0 Å². The lowest BCUT2D eigenvalue weighted by atomic mass is 9.86. The third kappa shape index (κ3) is 4.40. The molecular weight excluding hydrogens is 395 g/mol. The van der Waals surface area contributed by atoms with E-state index in [1.54, 1.807) is 12.1 Å². The van der Waals surface area contributed by atoms with Gasteiger partial charge in [-0.2, -0.15) is 0 Å². The second kappa shape index (κ2) is 7.84. The van der Waals surface area contributed by atoms with E-state index >= 15 is 0 Å². The molecular formula is C26H21FO4. The lowest BCUT2D eigenvalue weighted by Gasteiger charge is -2.18. The van der Waals surface area contributed by atoms with Gasteiger partial charge in [-0.05, 0) is 59.0 Å². The van der Waals surface area contributed by atoms with Crippen molar-refractivity contribution in [3.05, 3.63) is 101 Å². The monoisotopic (exact) mass is 416 g/mol. The number of ether oxygens (including phenoxy) is 2. The largest absolute Gasteiger partial charge is 0.452 e. The van der Waals surface area contributed by atoms with Crippen LogP contribution in [0.2, 0.25) is 0 Å². The maximum absolute atomic E-state index is 13.0. The predicted octanol–water partition coefficient (Wildman–Crippen LogP) is 5.96. The highest BCUT2D eigenvalue weighted by molar-refractivity contribution is 6.14. The average molecular weight is 416 g/mol. The Morgan fingerprint density at radius 2 is 1.65 bits per heavy atom. The number of fused-ring (bicyclic) bond motifs is 1. The van der Waals surface area contributed by atoms with E-state index < -0.39 is 11.8 Å². The van der Waals surface area contributed by atoms with E-state index in [9.17, 15) is 14.0 Å². The van der Waals surface area contributed by atoms with Crippen LogP contribution in [0.1, 0.15) is 52.6 Å². The molecule has 0 aromatic heterocycles. The zero-order valence-electron chi connectivity index (χ0n) is 17.4. The van der Waals surface area contributed by atoms with Gasteiger partial charge in [0, 0.05) is 6.07 Å². The zero-order chi connectivity index (χ0) is 22.2. The highest BCUT2D eigenvalue weighted by Gasteiger charge is 2.28. The van der Waals surface area contributed by atoms with E-state index in [2.05, 4.69) is 20.8 Å². The quantitative estimate of drug-likeness (QED) is 0.300. The minimum atomic E-state index is -0.626. The first-order chi connectivity index (χ1) is 14.7. The number of esters is 1. The van der Waals surface area contributed by atoms with Crippen molar-refractivity contribution in [3.8, 4) is 11.5 Å². The summed E-state index contributed by atoms with van der Waals surface area (Å²) in [6, 6.07) is 17.6. The number of carbonyl (C=O) groups is 2. The molecule has 0 fully saturated rings. The number of rotatable bonds is 3. The standard InChI is InChI=1S/C26H21FO4/c1-26(2,3)18-8-4-16(5-9-18)14-23-24(28)21-13-12-20(15-22(21)31-23)30-25(29)17-6-10-19(27)11-7-17/h4-15H,1-3H3/b23-14+.